The Hall–Kier alpha value is -1.75. The van der Waals surface area contributed by atoms with Crippen molar-refractivity contribution in [1.29, 1.82) is 0 Å². The molecule has 0 radical (unpaired) electrons. The van der Waals surface area contributed by atoms with Gasteiger partial charge in [-0.3, -0.25) is 4.79 Å². The third-order valence-corrected chi connectivity index (χ3v) is 4.26. The van der Waals surface area contributed by atoms with Crippen molar-refractivity contribution in [2.24, 2.45) is 5.73 Å². The molecule has 1 saturated carbocycles. The van der Waals surface area contributed by atoms with Crippen LogP contribution in [0.25, 0.3) is 0 Å². The van der Waals surface area contributed by atoms with Crippen LogP contribution in [0.5, 0.6) is 11.5 Å². The molecule has 3 rings (SSSR count). The van der Waals surface area contributed by atoms with E-state index in [2.05, 4.69) is 5.32 Å². The number of benzene rings is 1. The second-order valence-corrected chi connectivity index (χ2v) is 5.88. The van der Waals surface area contributed by atoms with Crippen molar-refractivity contribution in [3.63, 3.8) is 0 Å². The summed E-state index contributed by atoms with van der Waals surface area (Å²) in [6, 6.07) is 5.74. The van der Waals surface area contributed by atoms with Gasteiger partial charge in [0.05, 0.1) is 5.54 Å². The molecule has 0 aromatic heterocycles. The van der Waals surface area contributed by atoms with Crippen LogP contribution in [-0.4, -0.2) is 24.7 Å². The quantitative estimate of drug-likeness (QED) is 0.889. The summed E-state index contributed by atoms with van der Waals surface area (Å²) in [4.78, 5) is 12.3. The molecule has 1 aliphatic heterocycles. The molecule has 0 atom stereocenters. The third-order valence-electron chi connectivity index (χ3n) is 4.26. The first-order chi connectivity index (χ1) is 10.2. The smallest absolute Gasteiger partial charge is 0.240 e. The Balaban J connectivity index is 1.60. The summed E-state index contributed by atoms with van der Waals surface area (Å²) >= 11 is 0. The maximum absolute atomic E-state index is 12.3. The van der Waals surface area contributed by atoms with Crippen LogP contribution in [0.15, 0.2) is 18.2 Å². The highest BCUT2D eigenvalue weighted by molar-refractivity contribution is 5.86. The van der Waals surface area contributed by atoms with E-state index in [0.717, 1.165) is 42.7 Å². The van der Waals surface area contributed by atoms with Gasteiger partial charge in [0.15, 0.2) is 11.5 Å². The lowest BCUT2D eigenvalue weighted by Gasteiger charge is -2.31. The molecule has 1 aromatic rings. The molecule has 2 aliphatic rings. The maximum Gasteiger partial charge on any atom is 0.240 e. The molecule has 1 fully saturated rings. The number of fused-ring (bicyclic) bond motifs is 1. The van der Waals surface area contributed by atoms with Crippen molar-refractivity contribution < 1.29 is 14.3 Å². The molecule has 1 heterocycles. The number of nitrogens with one attached hydrogen (secondary N) is 1. The molecule has 5 nitrogen and oxygen atoms in total. The van der Waals surface area contributed by atoms with Crippen LogP contribution in [0.4, 0.5) is 0 Å². The van der Waals surface area contributed by atoms with E-state index in [4.69, 9.17) is 15.2 Å². The van der Waals surface area contributed by atoms with Gasteiger partial charge in [0.2, 0.25) is 5.91 Å². The SMILES string of the molecule is NC1(C(=O)NCc2ccc3c(c2)OCCO3)CCCCC1. The second-order valence-electron chi connectivity index (χ2n) is 5.88. The minimum atomic E-state index is -0.688. The van der Waals surface area contributed by atoms with Crippen molar-refractivity contribution >= 4 is 5.91 Å². The zero-order valence-electron chi connectivity index (χ0n) is 12.2. The standard InChI is InChI=1S/C16H22N2O3/c17-16(6-2-1-3-7-16)15(19)18-11-12-4-5-13-14(10-12)21-9-8-20-13/h4-5,10H,1-3,6-9,11,17H2,(H,18,19). The van der Waals surface area contributed by atoms with Crippen molar-refractivity contribution in [2.75, 3.05) is 13.2 Å². The predicted octanol–water partition coefficient (Wildman–Crippen LogP) is 1.74. The topological polar surface area (TPSA) is 73.6 Å². The molecule has 1 amide bonds. The van der Waals surface area contributed by atoms with Crippen LogP contribution in [-0.2, 0) is 11.3 Å². The Kier molecular flexibility index (Phi) is 4.01. The van der Waals surface area contributed by atoms with Gasteiger partial charge in [0.1, 0.15) is 13.2 Å². The zero-order valence-corrected chi connectivity index (χ0v) is 12.2. The molecule has 1 aromatic carbocycles. The van der Waals surface area contributed by atoms with Crippen LogP contribution < -0.4 is 20.5 Å². The molecule has 0 spiro atoms. The van der Waals surface area contributed by atoms with Crippen LogP contribution >= 0.6 is 0 Å². The lowest BCUT2D eigenvalue weighted by Crippen LogP contribution is -2.54. The lowest BCUT2D eigenvalue weighted by atomic mass is 9.82. The van der Waals surface area contributed by atoms with Crippen molar-refractivity contribution in [2.45, 2.75) is 44.2 Å². The highest BCUT2D eigenvalue weighted by Crippen LogP contribution is 2.31. The highest BCUT2D eigenvalue weighted by atomic mass is 16.6. The van der Waals surface area contributed by atoms with Crippen LogP contribution in [0.2, 0.25) is 0 Å². The van der Waals surface area contributed by atoms with Crippen molar-refractivity contribution in [1.82, 2.24) is 5.32 Å². The fourth-order valence-corrected chi connectivity index (χ4v) is 2.97. The van der Waals surface area contributed by atoms with Gasteiger partial charge in [0.25, 0.3) is 0 Å². The number of hydrogen-bond acceptors (Lipinski definition) is 4. The monoisotopic (exact) mass is 290 g/mol. The van der Waals surface area contributed by atoms with E-state index < -0.39 is 5.54 Å². The molecule has 3 N–H and O–H groups in total. The number of ether oxygens (including phenoxy) is 2. The molecule has 21 heavy (non-hydrogen) atoms. The summed E-state index contributed by atoms with van der Waals surface area (Å²) in [5.41, 5.74) is 6.53. The number of carbonyl (C=O) groups is 1. The van der Waals surface area contributed by atoms with E-state index >= 15 is 0 Å². The fraction of sp³-hybridized carbons (Fsp3) is 0.562. The van der Waals surface area contributed by atoms with Gasteiger partial charge in [-0.15, -0.1) is 0 Å². The minimum Gasteiger partial charge on any atom is -0.486 e. The zero-order chi connectivity index (χ0) is 14.7. The summed E-state index contributed by atoms with van der Waals surface area (Å²) in [5, 5.41) is 2.96. The molecule has 114 valence electrons. The Morgan fingerprint density at radius 1 is 1.14 bits per heavy atom. The van der Waals surface area contributed by atoms with Crippen LogP contribution in [0, 0.1) is 0 Å². The number of hydrogen-bond donors (Lipinski definition) is 2. The largest absolute Gasteiger partial charge is 0.486 e. The van der Waals surface area contributed by atoms with Crippen molar-refractivity contribution in [3.05, 3.63) is 23.8 Å². The van der Waals surface area contributed by atoms with Gasteiger partial charge < -0.3 is 20.5 Å². The van der Waals surface area contributed by atoms with Gasteiger partial charge in [-0.25, -0.2) is 0 Å². The van der Waals surface area contributed by atoms with Crippen LogP contribution in [0.3, 0.4) is 0 Å². The first-order valence-corrected chi connectivity index (χ1v) is 7.63. The van der Waals surface area contributed by atoms with E-state index in [9.17, 15) is 4.79 Å². The first-order valence-electron chi connectivity index (χ1n) is 7.63. The number of amides is 1. The summed E-state index contributed by atoms with van der Waals surface area (Å²) < 4.78 is 11.0. The van der Waals surface area contributed by atoms with Crippen LogP contribution in [0.1, 0.15) is 37.7 Å². The van der Waals surface area contributed by atoms with Gasteiger partial charge in [-0.1, -0.05) is 25.3 Å². The summed E-state index contributed by atoms with van der Waals surface area (Å²) in [6.45, 7) is 1.61. The minimum absolute atomic E-state index is 0.0444. The van der Waals surface area contributed by atoms with E-state index in [1.54, 1.807) is 0 Å². The summed E-state index contributed by atoms with van der Waals surface area (Å²) in [7, 11) is 0. The Morgan fingerprint density at radius 2 is 1.86 bits per heavy atom. The van der Waals surface area contributed by atoms with Gasteiger partial charge in [-0.2, -0.15) is 0 Å². The van der Waals surface area contributed by atoms with Gasteiger partial charge in [0, 0.05) is 6.54 Å². The molecule has 0 bridgehead atoms. The number of nitrogens with two attached hydrogens (primary N) is 1. The lowest BCUT2D eigenvalue weighted by molar-refractivity contribution is -0.127. The fourth-order valence-electron chi connectivity index (χ4n) is 2.97. The van der Waals surface area contributed by atoms with Gasteiger partial charge >= 0.3 is 0 Å². The molecule has 5 heteroatoms. The molecule has 1 aliphatic carbocycles. The Morgan fingerprint density at radius 3 is 2.62 bits per heavy atom. The summed E-state index contributed by atoms with van der Waals surface area (Å²) in [6.07, 6.45) is 4.80. The number of rotatable bonds is 3. The van der Waals surface area contributed by atoms with Gasteiger partial charge in [-0.05, 0) is 30.5 Å². The Bertz CT molecular complexity index is 524. The summed E-state index contributed by atoms with van der Waals surface area (Å²) in [5.74, 6) is 1.46. The van der Waals surface area contributed by atoms with E-state index in [1.807, 2.05) is 18.2 Å². The molecule has 0 saturated heterocycles. The third kappa shape index (κ3) is 3.13. The average Bonchev–Trinajstić information content (AvgIpc) is 2.53. The highest BCUT2D eigenvalue weighted by Gasteiger charge is 2.34. The number of carbonyl (C=O) groups excluding carboxylic acids is 1. The molecular weight excluding hydrogens is 268 g/mol. The first kappa shape index (κ1) is 14.2. The molecular formula is C16H22N2O3. The van der Waals surface area contributed by atoms with Crippen molar-refractivity contribution in [3.8, 4) is 11.5 Å². The second kappa shape index (κ2) is 5.93. The Labute approximate surface area is 124 Å². The molecule has 0 unspecified atom stereocenters. The average molecular weight is 290 g/mol. The van der Waals surface area contributed by atoms with E-state index in [0.29, 0.717) is 19.8 Å². The normalized spacial score (nSPS) is 19.9. The van der Waals surface area contributed by atoms with E-state index in [1.165, 1.54) is 6.42 Å². The van der Waals surface area contributed by atoms with E-state index in [-0.39, 0.29) is 5.91 Å². The maximum atomic E-state index is 12.3. The predicted molar refractivity (Wildman–Crippen MR) is 79.3 cm³/mol.